The highest BCUT2D eigenvalue weighted by Crippen LogP contribution is 2.31. The van der Waals surface area contributed by atoms with Crippen LogP contribution in [0.25, 0.3) is 0 Å². The Kier molecular flexibility index (Phi) is 3.96. The van der Waals surface area contributed by atoms with E-state index in [9.17, 15) is 9.59 Å². The van der Waals surface area contributed by atoms with Gasteiger partial charge in [-0.3, -0.25) is 9.59 Å². The van der Waals surface area contributed by atoms with E-state index in [1.807, 2.05) is 30.1 Å². The fourth-order valence-corrected chi connectivity index (χ4v) is 2.64. The van der Waals surface area contributed by atoms with E-state index in [0.29, 0.717) is 24.9 Å². The lowest BCUT2D eigenvalue weighted by atomic mass is 10.1. The van der Waals surface area contributed by atoms with Crippen LogP contribution in [0.4, 0.5) is 0 Å². The molecule has 3 rings (SSSR count). The number of ether oxygens (including phenoxy) is 1. The quantitative estimate of drug-likeness (QED) is 0.921. The molecule has 114 valence electrons. The molecule has 0 aromatic heterocycles. The normalized spacial score (nSPS) is 20.0. The van der Waals surface area contributed by atoms with E-state index < -0.39 is 0 Å². The number of amides is 1. The monoisotopic (exact) mass is 298 g/mol. The van der Waals surface area contributed by atoms with Crippen molar-refractivity contribution in [2.24, 2.45) is 0 Å². The zero-order valence-corrected chi connectivity index (χ0v) is 12.4. The zero-order valence-electron chi connectivity index (χ0n) is 12.4. The van der Waals surface area contributed by atoms with Gasteiger partial charge in [0.2, 0.25) is 0 Å². The molecule has 0 radical (unpaired) electrons. The lowest BCUT2D eigenvalue weighted by Crippen LogP contribution is -2.32. The summed E-state index contributed by atoms with van der Waals surface area (Å²) in [6.45, 7) is 0.515. The molecule has 1 atom stereocenters. The average Bonchev–Trinajstić information content (AvgIpc) is 2.83. The number of allylic oxidation sites excluding steroid dienone is 3. The van der Waals surface area contributed by atoms with Gasteiger partial charge in [-0.05, 0) is 24.3 Å². The van der Waals surface area contributed by atoms with E-state index >= 15 is 0 Å². The van der Waals surface area contributed by atoms with Gasteiger partial charge in [0, 0.05) is 25.6 Å². The molecule has 1 N–H and O–H groups in total. The first-order valence-corrected chi connectivity index (χ1v) is 7.32. The van der Waals surface area contributed by atoms with Crippen molar-refractivity contribution in [3.63, 3.8) is 0 Å². The third-order valence-electron chi connectivity index (χ3n) is 3.85. The summed E-state index contributed by atoms with van der Waals surface area (Å²) < 4.78 is 5.82. The zero-order chi connectivity index (χ0) is 15.5. The first kappa shape index (κ1) is 14.4. The van der Waals surface area contributed by atoms with Crippen molar-refractivity contribution < 1.29 is 14.3 Å². The van der Waals surface area contributed by atoms with Gasteiger partial charge in [-0.2, -0.15) is 0 Å². The fourth-order valence-electron chi connectivity index (χ4n) is 2.64. The maximum atomic E-state index is 12.0. The highest BCUT2D eigenvalue weighted by atomic mass is 16.5. The topological polar surface area (TPSA) is 58.6 Å². The van der Waals surface area contributed by atoms with Crippen LogP contribution in [0.15, 0.2) is 53.9 Å². The smallest absolute Gasteiger partial charge is 0.251 e. The highest BCUT2D eigenvalue weighted by Gasteiger charge is 2.31. The molecule has 1 unspecified atom stereocenters. The molecule has 22 heavy (non-hydrogen) atoms. The van der Waals surface area contributed by atoms with Gasteiger partial charge in [0.1, 0.15) is 5.76 Å². The molecule has 0 saturated heterocycles. The number of ketones is 1. The lowest BCUT2D eigenvalue weighted by Gasteiger charge is -2.22. The molecule has 1 aromatic carbocycles. The van der Waals surface area contributed by atoms with E-state index in [1.165, 1.54) is 0 Å². The Morgan fingerprint density at radius 3 is 2.86 bits per heavy atom. The van der Waals surface area contributed by atoms with Crippen LogP contribution in [0.2, 0.25) is 0 Å². The van der Waals surface area contributed by atoms with Crippen LogP contribution < -0.4 is 5.32 Å². The molecule has 2 aliphatic rings. The van der Waals surface area contributed by atoms with Gasteiger partial charge in [-0.1, -0.05) is 18.2 Å². The standard InChI is InChI=1S/C17H18N2O3/c1-19-14-8-7-13(20)11-15(14)22-16(19)9-10-18-17(21)12-5-3-2-4-6-12/h2-8,16H,9-11H2,1H3,(H,18,21). The SMILES string of the molecule is CN1C2=C(CC(=O)C=C2)OC1CCNC(=O)c1ccccc1. The number of carbonyl (C=O) groups is 2. The summed E-state index contributed by atoms with van der Waals surface area (Å²) in [4.78, 5) is 25.4. The summed E-state index contributed by atoms with van der Waals surface area (Å²) in [7, 11) is 1.94. The van der Waals surface area contributed by atoms with Crippen LogP contribution in [0, 0.1) is 0 Å². The Balaban J connectivity index is 1.51. The van der Waals surface area contributed by atoms with Crippen molar-refractivity contribution in [3.05, 3.63) is 59.5 Å². The van der Waals surface area contributed by atoms with Crippen LogP contribution in [0.1, 0.15) is 23.2 Å². The summed E-state index contributed by atoms with van der Waals surface area (Å²) >= 11 is 0. The minimum atomic E-state index is -0.142. The molecule has 0 saturated carbocycles. The number of carbonyl (C=O) groups excluding carboxylic acids is 2. The summed E-state index contributed by atoms with van der Waals surface area (Å²) in [6.07, 6.45) is 4.21. The van der Waals surface area contributed by atoms with E-state index in [-0.39, 0.29) is 17.9 Å². The Morgan fingerprint density at radius 2 is 2.09 bits per heavy atom. The van der Waals surface area contributed by atoms with Gasteiger partial charge in [-0.15, -0.1) is 0 Å². The largest absolute Gasteiger partial charge is 0.472 e. The molecule has 0 fully saturated rings. The molecular formula is C17H18N2O3. The van der Waals surface area contributed by atoms with Crippen molar-refractivity contribution >= 4 is 11.7 Å². The van der Waals surface area contributed by atoms with Crippen LogP contribution in [-0.4, -0.2) is 36.4 Å². The predicted octanol–water partition coefficient (Wildman–Crippen LogP) is 1.84. The number of nitrogens with zero attached hydrogens (tertiary/aromatic N) is 1. The van der Waals surface area contributed by atoms with Crippen molar-refractivity contribution in [3.8, 4) is 0 Å². The van der Waals surface area contributed by atoms with Crippen molar-refractivity contribution in [2.75, 3.05) is 13.6 Å². The molecule has 5 heteroatoms. The minimum absolute atomic E-state index is 0.0604. The maximum Gasteiger partial charge on any atom is 0.251 e. The Labute approximate surface area is 129 Å². The average molecular weight is 298 g/mol. The summed E-state index contributed by atoms with van der Waals surface area (Å²) in [5.41, 5.74) is 1.60. The summed E-state index contributed by atoms with van der Waals surface area (Å²) in [5.74, 6) is 0.702. The van der Waals surface area contributed by atoms with Crippen molar-refractivity contribution in [2.45, 2.75) is 19.1 Å². The van der Waals surface area contributed by atoms with Gasteiger partial charge in [0.15, 0.2) is 12.0 Å². The number of hydrogen-bond acceptors (Lipinski definition) is 4. The first-order valence-electron chi connectivity index (χ1n) is 7.32. The van der Waals surface area contributed by atoms with E-state index in [2.05, 4.69) is 5.32 Å². The fraction of sp³-hybridized carbons (Fsp3) is 0.294. The second kappa shape index (κ2) is 6.05. The molecule has 5 nitrogen and oxygen atoms in total. The predicted molar refractivity (Wildman–Crippen MR) is 81.8 cm³/mol. The number of benzene rings is 1. The van der Waals surface area contributed by atoms with E-state index in [4.69, 9.17) is 4.74 Å². The van der Waals surface area contributed by atoms with Crippen LogP contribution >= 0.6 is 0 Å². The maximum absolute atomic E-state index is 12.0. The van der Waals surface area contributed by atoms with Crippen molar-refractivity contribution in [1.82, 2.24) is 10.2 Å². The summed E-state index contributed by atoms with van der Waals surface area (Å²) in [6, 6.07) is 9.12. The Bertz CT molecular complexity index is 649. The Hall–Kier alpha value is -2.56. The van der Waals surface area contributed by atoms with E-state index in [0.717, 1.165) is 11.5 Å². The van der Waals surface area contributed by atoms with Gasteiger partial charge in [0.05, 0.1) is 12.1 Å². The number of nitrogens with one attached hydrogen (secondary N) is 1. The number of hydrogen-bond donors (Lipinski definition) is 1. The van der Waals surface area contributed by atoms with Crippen LogP contribution in [-0.2, 0) is 9.53 Å². The number of likely N-dealkylation sites (N-methyl/N-ethyl adjacent to an activating group) is 1. The first-order chi connectivity index (χ1) is 10.6. The third kappa shape index (κ3) is 2.88. The molecule has 1 amide bonds. The molecule has 0 bridgehead atoms. The Morgan fingerprint density at radius 1 is 1.32 bits per heavy atom. The van der Waals surface area contributed by atoms with E-state index in [1.54, 1.807) is 24.3 Å². The van der Waals surface area contributed by atoms with Gasteiger partial charge >= 0.3 is 0 Å². The molecule has 1 aliphatic carbocycles. The molecule has 1 heterocycles. The molecular weight excluding hydrogens is 280 g/mol. The second-order valence-electron chi connectivity index (χ2n) is 5.38. The van der Waals surface area contributed by atoms with Crippen LogP contribution in [0.5, 0.6) is 0 Å². The van der Waals surface area contributed by atoms with Gasteiger partial charge in [-0.25, -0.2) is 0 Å². The highest BCUT2D eigenvalue weighted by molar-refractivity contribution is 5.94. The third-order valence-corrected chi connectivity index (χ3v) is 3.85. The van der Waals surface area contributed by atoms with Crippen LogP contribution in [0.3, 0.4) is 0 Å². The molecule has 0 spiro atoms. The minimum Gasteiger partial charge on any atom is -0.472 e. The molecule has 1 aliphatic heterocycles. The summed E-state index contributed by atoms with van der Waals surface area (Å²) in [5, 5.41) is 2.89. The van der Waals surface area contributed by atoms with Gasteiger partial charge in [0.25, 0.3) is 5.91 Å². The molecule has 1 aromatic rings. The van der Waals surface area contributed by atoms with Crippen molar-refractivity contribution in [1.29, 1.82) is 0 Å². The van der Waals surface area contributed by atoms with Gasteiger partial charge < -0.3 is 15.0 Å². The number of rotatable bonds is 4. The second-order valence-corrected chi connectivity index (χ2v) is 5.38. The lowest BCUT2D eigenvalue weighted by molar-refractivity contribution is -0.114.